The highest BCUT2D eigenvalue weighted by molar-refractivity contribution is 5.80. The van der Waals surface area contributed by atoms with Crippen molar-refractivity contribution in [3.63, 3.8) is 0 Å². The summed E-state index contributed by atoms with van der Waals surface area (Å²) in [6.45, 7) is 0.876. The molecule has 0 radical (unpaired) electrons. The molecular weight excluding hydrogens is 300 g/mol. The van der Waals surface area contributed by atoms with E-state index in [9.17, 15) is 0 Å². The average molecular weight is 322 g/mol. The van der Waals surface area contributed by atoms with Gasteiger partial charge in [-0.25, -0.2) is 4.98 Å². The van der Waals surface area contributed by atoms with Gasteiger partial charge in [-0.15, -0.1) is 0 Å². The van der Waals surface area contributed by atoms with E-state index in [0.717, 1.165) is 41.2 Å². The zero-order valence-electron chi connectivity index (χ0n) is 14.3. The van der Waals surface area contributed by atoms with Crippen LogP contribution >= 0.6 is 0 Å². The lowest BCUT2D eigenvalue weighted by Gasteiger charge is -2.19. The van der Waals surface area contributed by atoms with E-state index in [1.165, 1.54) is 5.56 Å². The maximum absolute atomic E-state index is 5.37. The molecule has 3 rings (SSSR count). The fraction of sp³-hybridized carbons (Fsp3) is 0.250. The van der Waals surface area contributed by atoms with Crippen LogP contribution < -0.4 is 14.4 Å². The van der Waals surface area contributed by atoms with Crippen molar-refractivity contribution in [2.75, 3.05) is 32.7 Å². The number of nitrogens with zero attached hydrogens (tertiary/aromatic N) is 2. The number of ether oxygens (including phenoxy) is 2. The molecule has 0 N–H and O–H groups in total. The average Bonchev–Trinajstić information content (AvgIpc) is 2.65. The highest BCUT2D eigenvalue weighted by Crippen LogP contribution is 2.28. The molecule has 4 heteroatoms. The lowest BCUT2D eigenvalue weighted by Crippen LogP contribution is -2.21. The lowest BCUT2D eigenvalue weighted by molar-refractivity contribution is 0.354. The summed E-state index contributed by atoms with van der Waals surface area (Å²) in [4.78, 5) is 6.90. The molecule has 0 unspecified atom stereocenters. The van der Waals surface area contributed by atoms with Crippen LogP contribution in [0, 0.1) is 0 Å². The Balaban J connectivity index is 1.71. The van der Waals surface area contributed by atoms with E-state index in [-0.39, 0.29) is 0 Å². The number of para-hydroxylation sites is 1. The zero-order valence-corrected chi connectivity index (χ0v) is 14.3. The second kappa shape index (κ2) is 7.21. The van der Waals surface area contributed by atoms with Crippen LogP contribution in [-0.4, -0.2) is 32.8 Å². The van der Waals surface area contributed by atoms with E-state index in [0.29, 0.717) is 0 Å². The molecule has 0 saturated heterocycles. The summed E-state index contributed by atoms with van der Waals surface area (Å²) in [5.74, 6) is 2.50. The van der Waals surface area contributed by atoms with Gasteiger partial charge in [0.1, 0.15) is 5.82 Å². The minimum atomic E-state index is 0.755. The number of aromatic nitrogens is 1. The molecule has 2 aromatic carbocycles. The highest BCUT2D eigenvalue weighted by Gasteiger charge is 2.07. The first-order valence-electron chi connectivity index (χ1n) is 7.99. The first-order chi connectivity index (χ1) is 11.7. The standard InChI is InChI=1S/C20H22N2O2/c1-22(20-11-9-16-6-4-5-7-17(16)21-20)13-12-15-8-10-18(23-2)19(14-15)24-3/h4-11,14H,12-13H2,1-3H3. The van der Waals surface area contributed by atoms with Gasteiger partial charge in [0.25, 0.3) is 0 Å². The third kappa shape index (κ3) is 3.43. The van der Waals surface area contributed by atoms with Crippen LogP contribution in [0.5, 0.6) is 11.5 Å². The Morgan fingerprint density at radius 3 is 2.50 bits per heavy atom. The first-order valence-corrected chi connectivity index (χ1v) is 7.99. The van der Waals surface area contributed by atoms with Crippen molar-refractivity contribution >= 4 is 16.7 Å². The molecule has 0 atom stereocenters. The van der Waals surface area contributed by atoms with Crippen LogP contribution in [0.25, 0.3) is 10.9 Å². The number of hydrogen-bond donors (Lipinski definition) is 0. The topological polar surface area (TPSA) is 34.6 Å². The molecule has 0 aliphatic rings. The normalized spacial score (nSPS) is 10.6. The quantitative estimate of drug-likeness (QED) is 0.689. The van der Waals surface area contributed by atoms with E-state index < -0.39 is 0 Å². The van der Waals surface area contributed by atoms with E-state index in [1.807, 2.05) is 30.3 Å². The Morgan fingerprint density at radius 1 is 0.917 bits per heavy atom. The fourth-order valence-electron chi connectivity index (χ4n) is 2.72. The predicted octanol–water partition coefficient (Wildman–Crippen LogP) is 3.93. The van der Waals surface area contributed by atoms with Crippen molar-refractivity contribution in [3.05, 3.63) is 60.2 Å². The molecule has 0 aliphatic carbocycles. The van der Waals surface area contributed by atoms with Crippen molar-refractivity contribution in [1.82, 2.24) is 4.98 Å². The van der Waals surface area contributed by atoms with Gasteiger partial charge < -0.3 is 14.4 Å². The minimum absolute atomic E-state index is 0.755. The SMILES string of the molecule is COc1ccc(CCN(C)c2ccc3ccccc3n2)cc1OC. The molecule has 4 nitrogen and oxygen atoms in total. The molecule has 0 amide bonds. The van der Waals surface area contributed by atoms with Gasteiger partial charge in [0.2, 0.25) is 0 Å². The molecule has 24 heavy (non-hydrogen) atoms. The molecule has 1 aromatic heterocycles. The highest BCUT2D eigenvalue weighted by atomic mass is 16.5. The smallest absolute Gasteiger partial charge is 0.160 e. The number of benzene rings is 2. The number of methoxy groups -OCH3 is 2. The second-order valence-corrected chi connectivity index (χ2v) is 5.72. The second-order valence-electron chi connectivity index (χ2n) is 5.72. The number of fused-ring (bicyclic) bond motifs is 1. The summed E-state index contributed by atoms with van der Waals surface area (Å²) < 4.78 is 10.6. The summed E-state index contributed by atoms with van der Waals surface area (Å²) >= 11 is 0. The number of rotatable bonds is 6. The van der Waals surface area contributed by atoms with Crippen LogP contribution in [0.3, 0.4) is 0 Å². The van der Waals surface area contributed by atoms with Gasteiger partial charge in [-0.3, -0.25) is 0 Å². The Kier molecular flexibility index (Phi) is 4.85. The van der Waals surface area contributed by atoms with Crippen molar-refractivity contribution in [2.24, 2.45) is 0 Å². The summed E-state index contributed by atoms with van der Waals surface area (Å²) in [7, 11) is 5.38. The van der Waals surface area contributed by atoms with Gasteiger partial charge in [-0.2, -0.15) is 0 Å². The Bertz CT molecular complexity index is 833. The van der Waals surface area contributed by atoms with Crippen molar-refractivity contribution in [3.8, 4) is 11.5 Å². The predicted molar refractivity (Wildman–Crippen MR) is 98.3 cm³/mol. The molecule has 0 bridgehead atoms. The van der Waals surface area contributed by atoms with Gasteiger partial charge in [0.05, 0.1) is 19.7 Å². The summed E-state index contributed by atoms with van der Waals surface area (Å²) in [5, 5.41) is 1.16. The molecule has 0 aliphatic heterocycles. The molecule has 124 valence electrons. The number of likely N-dealkylation sites (N-methyl/N-ethyl adjacent to an activating group) is 1. The summed E-state index contributed by atoms with van der Waals surface area (Å²) in [5.41, 5.74) is 2.23. The summed E-state index contributed by atoms with van der Waals surface area (Å²) in [6.07, 6.45) is 0.908. The minimum Gasteiger partial charge on any atom is -0.493 e. The van der Waals surface area contributed by atoms with Gasteiger partial charge in [0, 0.05) is 19.0 Å². The Labute approximate surface area is 142 Å². The Morgan fingerprint density at radius 2 is 1.71 bits per heavy atom. The molecule has 0 fully saturated rings. The van der Waals surface area contributed by atoms with Crippen molar-refractivity contribution in [1.29, 1.82) is 0 Å². The molecule has 3 aromatic rings. The van der Waals surface area contributed by atoms with Gasteiger partial charge in [0.15, 0.2) is 11.5 Å². The Hall–Kier alpha value is -2.75. The van der Waals surface area contributed by atoms with E-state index in [1.54, 1.807) is 14.2 Å². The molecule has 0 saturated carbocycles. The lowest BCUT2D eigenvalue weighted by atomic mass is 10.1. The first kappa shape index (κ1) is 16.1. The van der Waals surface area contributed by atoms with Crippen molar-refractivity contribution < 1.29 is 9.47 Å². The van der Waals surface area contributed by atoms with E-state index >= 15 is 0 Å². The number of anilines is 1. The largest absolute Gasteiger partial charge is 0.493 e. The maximum atomic E-state index is 5.37. The van der Waals surface area contributed by atoms with Gasteiger partial charge in [-0.05, 0) is 42.3 Å². The molecule has 1 heterocycles. The summed E-state index contributed by atoms with van der Waals surface area (Å²) in [6, 6.07) is 18.4. The van der Waals surface area contributed by atoms with Gasteiger partial charge in [-0.1, -0.05) is 24.3 Å². The van der Waals surface area contributed by atoms with Crippen LogP contribution in [0.2, 0.25) is 0 Å². The van der Waals surface area contributed by atoms with E-state index in [2.05, 4.69) is 36.2 Å². The maximum Gasteiger partial charge on any atom is 0.160 e. The van der Waals surface area contributed by atoms with Crippen LogP contribution in [0.4, 0.5) is 5.82 Å². The molecular formula is C20H22N2O2. The zero-order chi connectivity index (χ0) is 16.9. The molecule has 0 spiro atoms. The number of pyridine rings is 1. The monoisotopic (exact) mass is 322 g/mol. The fourth-order valence-corrected chi connectivity index (χ4v) is 2.72. The van der Waals surface area contributed by atoms with Gasteiger partial charge >= 0.3 is 0 Å². The van der Waals surface area contributed by atoms with Crippen LogP contribution in [0.1, 0.15) is 5.56 Å². The van der Waals surface area contributed by atoms with Crippen molar-refractivity contribution in [2.45, 2.75) is 6.42 Å². The van der Waals surface area contributed by atoms with E-state index in [4.69, 9.17) is 14.5 Å². The number of hydrogen-bond acceptors (Lipinski definition) is 4. The third-order valence-corrected chi connectivity index (χ3v) is 4.16. The third-order valence-electron chi connectivity index (χ3n) is 4.16. The van der Waals surface area contributed by atoms with Crippen LogP contribution in [-0.2, 0) is 6.42 Å². The van der Waals surface area contributed by atoms with Crippen LogP contribution in [0.15, 0.2) is 54.6 Å².